The van der Waals surface area contributed by atoms with Crippen LogP contribution < -0.4 is 19.7 Å². The third-order valence-electron chi connectivity index (χ3n) is 11.5. The molecule has 1 amide bonds. The minimum absolute atomic E-state index is 0.000942. The number of nitrogens with one attached hydrogen (secondary N) is 1. The summed E-state index contributed by atoms with van der Waals surface area (Å²) in [5, 5.41) is 12.8. The average molecular weight is 815 g/mol. The Hall–Kier alpha value is -4.17. The first-order valence-corrected chi connectivity index (χ1v) is 20.0. The molecular formula is C39H39ClF4N6O5S. The third-order valence-corrected chi connectivity index (χ3v) is 13.0. The summed E-state index contributed by atoms with van der Waals surface area (Å²) >= 11 is 7.95. The highest BCUT2D eigenvalue weighted by molar-refractivity contribution is 7.23. The van der Waals surface area contributed by atoms with Crippen molar-refractivity contribution in [2.45, 2.75) is 94.4 Å². The Kier molecular flexibility index (Phi) is 8.99. The van der Waals surface area contributed by atoms with Crippen LogP contribution in [0.1, 0.15) is 64.9 Å². The number of ether oxygens (including phenoxy) is 4. The molecule has 2 aromatic carbocycles. The molecule has 296 valence electrons. The van der Waals surface area contributed by atoms with Gasteiger partial charge < -0.3 is 23.8 Å². The van der Waals surface area contributed by atoms with Gasteiger partial charge in [-0.2, -0.15) is 15.2 Å². The lowest BCUT2D eigenvalue weighted by molar-refractivity contribution is 0.0636. The van der Waals surface area contributed by atoms with Gasteiger partial charge in [-0.25, -0.2) is 22.4 Å². The van der Waals surface area contributed by atoms with Crippen LogP contribution in [0.25, 0.3) is 32.1 Å². The van der Waals surface area contributed by atoms with E-state index in [1.807, 2.05) is 11.0 Å². The second kappa shape index (κ2) is 13.5. The Balaban J connectivity index is 1.24. The molecule has 56 heavy (non-hydrogen) atoms. The Bertz CT molecular complexity index is 2330. The maximum absolute atomic E-state index is 17.6. The summed E-state index contributed by atoms with van der Waals surface area (Å²) in [6.07, 6.45) is 1.13. The molecule has 17 heteroatoms. The Morgan fingerprint density at radius 2 is 2.00 bits per heavy atom. The van der Waals surface area contributed by atoms with E-state index < -0.39 is 46.7 Å². The van der Waals surface area contributed by atoms with Crippen LogP contribution in [0.3, 0.4) is 0 Å². The first-order chi connectivity index (χ1) is 26.7. The van der Waals surface area contributed by atoms with Crippen molar-refractivity contribution in [2.75, 3.05) is 49.7 Å². The standard InChI is InChI=1S/C39H39ClF4N6O5S/c1-37(2,3)55-36(51)48-34-22(14-45)25-21(5-6-23(42)32(25)56-34)26-28(40)31-27-30(29(26)43)46-35(54-18-38-8-4-11-49(38)15-19(41)13-38)47-33(27)50(20-7-12-52-16-20)24(17-53-31)39(44)9-10-39/h5-6,19-20,24H,4,7-13,15-18H2,1-3H3,(H,48,51)/t19-,20?,24-,38+/m1/s1. The molecule has 11 nitrogen and oxygen atoms in total. The van der Waals surface area contributed by atoms with Crippen LogP contribution in [-0.2, 0) is 9.47 Å². The van der Waals surface area contributed by atoms with E-state index in [4.69, 9.17) is 35.5 Å². The minimum Gasteiger partial charge on any atom is -0.489 e. The van der Waals surface area contributed by atoms with Gasteiger partial charge in [0.25, 0.3) is 0 Å². The van der Waals surface area contributed by atoms with Gasteiger partial charge in [-0.1, -0.05) is 17.7 Å². The summed E-state index contributed by atoms with van der Waals surface area (Å²) in [5.74, 6) is -1.49. The molecular weight excluding hydrogens is 776 g/mol. The lowest BCUT2D eigenvalue weighted by Gasteiger charge is -2.37. The van der Waals surface area contributed by atoms with Gasteiger partial charge in [0, 0.05) is 30.5 Å². The molecule has 1 N–H and O–H groups in total. The predicted octanol–water partition coefficient (Wildman–Crippen LogP) is 8.48. The highest BCUT2D eigenvalue weighted by atomic mass is 35.5. The van der Waals surface area contributed by atoms with E-state index in [1.54, 1.807) is 20.8 Å². The second-order valence-corrected chi connectivity index (χ2v) is 17.8. The van der Waals surface area contributed by atoms with Crippen LogP contribution in [0.2, 0.25) is 5.02 Å². The fraction of sp³-hybridized carbons (Fsp3) is 0.538. The van der Waals surface area contributed by atoms with E-state index in [0.29, 0.717) is 26.0 Å². The van der Waals surface area contributed by atoms with Crippen LogP contribution in [0.4, 0.5) is 33.2 Å². The Labute approximate surface area is 328 Å². The van der Waals surface area contributed by atoms with Crippen molar-refractivity contribution in [3.05, 3.63) is 34.4 Å². The molecule has 1 unspecified atom stereocenters. The number of hydrogen-bond donors (Lipinski definition) is 1. The van der Waals surface area contributed by atoms with Gasteiger partial charge in [0.1, 0.15) is 58.9 Å². The summed E-state index contributed by atoms with van der Waals surface area (Å²) in [7, 11) is 0. The number of halogens is 5. The van der Waals surface area contributed by atoms with Gasteiger partial charge in [0.2, 0.25) is 0 Å². The molecule has 6 heterocycles. The van der Waals surface area contributed by atoms with Crippen LogP contribution in [0.5, 0.6) is 11.8 Å². The molecule has 4 atom stereocenters. The number of alkyl halides is 2. The fourth-order valence-corrected chi connectivity index (χ4v) is 10.3. The maximum atomic E-state index is 17.6. The number of fused-ring (bicyclic) bond motifs is 2. The SMILES string of the molecule is CC(C)(C)OC(=O)Nc1sc2c(F)ccc(-c3c(Cl)c4c5c(nc(OC[C@@]67CCCN6C[C@H](F)C7)nc5c3F)N(C3CCOC3)[C@@H](C3(F)CC3)CO4)c2c1C#N. The largest absolute Gasteiger partial charge is 0.489 e. The van der Waals surface area contributed by atoms with Gasteiger partial charge in [0.15, 0.2) is 11.6 Å². The average Bonchev–Trinajstić information content (AvgIpc) is 3.47. The number of amides is 1. The highest BCUT2D eigenvalue weighted by Crippen LogP contribution is 2.55. The van der Waals surface area contributed by atoms with Gasteiger partial charge in [0.05, 0.1) is 44.9 Å². The molecule has 1 saturated carbocycles. The summed E-state index contributed by atoms with van der Waals surface area (Å²) in [6, 6.07) is 3.09. The Morgan fingerprint density at radius 1 is 1.20 bits per heavy atom. The number of carbonyl (C=O) groups is 1. The molecule has 1 aliphatic carbocycles. The zero-order valence-electron chi connectivity index (χ0n) is 30.9. The highest BCUT2D eigenvalue weighted by Gasteiger charge is 2.56. The second-order valence-electron chi connectivity index (χ2n) is 16.4. The molecule has 5 aliphatic rings. The summed E-state index contributed by atoms with van der Waals surface area (Å²) in [4.78, 5) is 26.1. The van der Waals surface area contributed by atoms with Gasteiger partial charge in [-0.3, -0.25) is 10.2 Å². The fourth-order valence-electron chi connectivity index (χ4n) is 8.89. The first-order valence-electron chi connectivity index (χ1n) is 18.8. The summed E-state index contributed by atoms with van der Waals surface area (Å²) in [5.41, 5.74) is -3.66. The summed E-state index contributed by atoms with van der Waals surface area (Å²) < 4.78 is 88.1. The number of thiophene rings is 1. The third kappa shape index (κ3) is 6.16. The van der Waals surface area contributed by atoms with Crippen molar-refractivity contribution >= 4 is 60.8 Å². The quantitative estimate of drug-likeness (QED) is 0.182. The molecule has 4 aliphatic heterocycles. The van der Waals surface area contributed by atoms with E-state index in [1.165, 1.54) is 6.07 Å². The topological polar surface area (TPSA) is 122 Å². The zero-order valence-corrected chi connectivity index (χ0v) is 32.5. The van der Waals surface area contributed by atoms with Crippen molar-refractivity contribution in [1.82, 2.24) is 14.9 Å². The van der Waals surface area contributed by atoms with Crippen molar-refractivity contribution in [3.8, 4) is 29.0 Å². The van der Waals surface area contributed by atoms with Gasteiger partial charge >= 0.3 is 12.1 Å². The lowest BCUT2D eigenvalue weighted by atomic mass is 9.95. The number of benzene rings is 2. The summed E-state index contributed by atoms with van der Waals surface area (Å²) in [6.45, 7) is 6.64. The number of rotatable bonds is 7. The van der Waals surface area contributed by atoms with Crippen LogP contribution >= 0.6 is 22.9 Å². The van der Waals surface area contributed by atoms with Crippen LogP contribution in [0, 0.1) is 23.0 Å². The molecule has 0 bridgehead atoms. The van der Waals surface area contributed by atoms with Crippen LogP contribution in [-0.4, -0.2) is 95.5 Å². The first kappa shape index (κ1) is 37.4. The zero-order chi connectivity index (χ0) is 39.3. The molecule has 4 fully saturated rings. The molecule has 3 saturated heterocycles. The van der Waals surface area contributed by atoms with Gasteiger partial charge in [-0.15, -0.1) is 11.3 Å². The number of aromatic nitrogens is 2. The van der Waals surface area contributed by atoms with Crippen molar-refractivity contribution < 1.29 is 41.3 Å². The lowest BCUT2D eigenvalue weighted by Crippen LogP contribution is -2.52. The monoisotopic (exact) mass is 814 g/mol. The molecule has 2 aromatic heterocycles. The van der Waals surface area contributed by atoms with Gasteiger partial charge in [-0.05, 0) is 71.0 Å². The normalized spacial score (nSPS) is 25.6. The number of anilines is 2. The van der Waals surface area contributed by atoms with E-state index in [-0.39, 0.29) is 110 Å². The minimum atomic E-state index is -1.63. The maximum Gasteiger partial charge on any atom is 0.412 e. The van der Waals surface area contributed by atoms with Crippen LogP contribution in [0.15, 0.2) is 12.1 Å². The van der Waals surface area contributed by atoms with E-state index >= 15 is 13.2 Å². The molecule has 0 radical (unpaired) electrons. The van der Waals surface area contributed by atoms with Crippen molar-refractivity contribution in [3.63, 3.8) is 0 Å². The van der Waals surface area contributed by atoms with E-state index in [2.05, 4.69) is 15.2 Å². The number of carbonyl (C=O) groups excluding carboxylic acids is 1. The van der Waals surface area contributed by atoms with Crippen molar-refractivity contribution in [2.24, 2.45) is 0 Å². The predicted molar refractivity (Wildman–Crippen MR) is 202 cm³/mol. The van der Waals surface area contributed by atoms with Crippen molar-refractivity contribution in [1.29, 1.82) is 5.26 Å². The molecule has 4 aromatic rings. The number of nitrogens with zero attached hydrogens (tertiary/aromatic N) is 5. The smallest absolute Gasteiger partial charge is 0.412 e. The Morgan fingerprint density at radius 3 is 2.71 bits per heavy atom. The molecule has 0 spiro atoms. The number of nitriles is 1. The van der Waals surface area contributed by atoms with E-state index in [9.17, 15) is 14.4 Å². The van der Waals surface area contributed by atoms with E-state index in [0.717, 1.165) is 30.4 Å². The number of hydrogen-bond acceptors (Lipinski definition) is 11. The molecule has 9 rings (SSSR count).